The van der Waals surface area contributed by atoms with Gasteiger partial charge in [-0.05, 0) is 74.3 Å². The first kappa shape index (κ1) is 28.1. The molecule has 4 aromatic rings. The lowest BCUT2D eigenvalue weighted by Gasteiger charge is -2.32. The number of benzene rings is 1. The molecule has 0 radical (unpaired) electrons. The lowest BCUT2D eigenvalue weighted by atomic mass is 9.87. The van der Waals surface area contributed by atoms with Crippen molar-refractivity contribution in [1.29, 1.82) is 0 Å². The van der Waals surface area contributed by atoms with Gasteiger partial charge in [-0.1, -0.05) is 12.1 Å². The highest BCUT2D eigenvalue weighted by Crippen LogP contribution is 2.53. The number of carbonyl (C=O) groups is 2. The SMILES string of the molecule is COC(=O)C1CCC(Oc2c(OC3CCC(C(=O)OC)CC3)c(-c3cccs3)c3nsnc3c2-c2cccs2)CC1. The fraction of sp³-hybridized carbons (Fsp3) is 0.467. The fourth-order valence-electron chi connectivity index (χ4n) is 5.98. The van der Waals surface area contributed by atoms with Crippen molar-refractivity contribution in [3.63, 3.8) is 0 Å². The van der Waals surface area contributed by atoms with Gasteiger partial charge < -0.3 is 18.9 Å². The van der Waals surface area contributed by atoms with Gasteiger partial charge in [-0.3, -0.25) is 9.59 Å². The van der Waals surface area contributed by atoms with E-state index in [4.69, 9.17) is 27.7 Å². The van der Waals surface area contributed by atoms with Crippen LogP contribution in [0.1, 0.15) is 51.4 Å². The third-order valence-electron chi connectivity index (χ3n) is 8.14. The molecule has 2 aliphatic carbocycles. The number of hydrogen-bond donors (Lipinski definition) is 0. The van der Waals surface area contributed by atoms with Crippen LogP contribution in [-0.2, 0) is 19.1 Å². The van der Waals surface area contributed by atoms with E-state index < -0.39 is 0 Å². The van der Waals surface area contributed by atoms with Gasteiger partial charge in [-0.15, -0.1) is 22.7 Å². The number of methoxy groups -OCH3 is 2. The number of aromatic nitrogens is 2. The Bertz CT molecular complexity index is 1370. The maximum absolute atomic E-state index is 12.2. The number of hydrogen-bond acceptors (Lipinski definition) is 11. The second-order valence-electron chi connectivity index (χ2n) is 10.6. The standard InChI is InChI=1S/C30H32N2O6S3/c1-35-29(33)17-7-11-19(12-8-17)37-27-23(21-5-3-15-39-21)25-26(32-41-31-25)24(22-6-4-16-40-22)28(27)38-20-13-9-18(10-14-20)30(34)36-2/h3-6,15-20H,7-14H2,1-2H3. The molecule has 11 heteroatoms. The van der Waals surface area contributed by atoms with Crippen LogP contribution < -0.4 is 9.47 Å². The fourth-order valence-corrected chi connectivity index (χ4v) is 8.08. The molecule has 216 valence electrons. The Balaban J connectivity index is 1.43. The van der Waals surface area contributed by atoms with E-state index in [2.05, 4.69) is 12.1 Å². The zero-order chi connectivity index (χ0) is 28.3. The lowest BCUT2D eigenvalue weighted by molar-refractivity contribution is -0.148. The van der Waals surface area contributed by atoms with E-state index in [1.165, 1.54) is 25.9 Å². The summed E-state index contributed by atoms with van der Waals surface area (Å²) in [6.45, 7) is 0. The van der Waals surface area contributed by atoms with Gasteiger partial charge >= 0.3 is 11.9 Å². The Labute approximate surface area is 250 Å². The number of rotatable bonds is 8. The Morgan fingerprint density at radius 3 is 1.44 bits per heavy atom. The van der Waals surface area contributed by atoms with Crippen LogP contribution in [0.3, 0.4) is 0 Å². The van der Waals surface area contributed by atoms with Crippen molar-refractivity contribution in [2.45, 2.75) is 63.6 Å². The van der Waals surface area contributed by atoms with Gasteiger partial charge in [-0.2, -0.15) is 8.75 Å². The average Bonchev–Trinajstić information content (AvgIpc) is 3.81. The summed E-state index contributed by atoms with van der Waals surface area (Å²) in [6.07, 6.45) is 5.71. The summed E-state index contributed by atoms with van der Waals surface area (Å²) in [7, 11) is 2.90. The van der Waals surface area contributed by atoms with Crippen LogP contribution >= 0.6 is 34.4 Å². The number of fused-ring (bicyclic) bond motifs is 1. The van der Waals surface area contributed by atoms with E-state index in [-0.39, 0.29) is 36.0 Å². The molecule has 3 heterocycles. The largest absolute Gasteiger partial charge is 0.486 e. The summed E-state index contributed by atoms with van der Waals surface area (Å²) in [5.41, 5.74) is 3.41. The zero-order valence-corrected chi connectivity index (χ0v) is 25.4. The smallest absolute Gasteiger partial charge is 0.308 e. The second-order valence-corrected chi connectivity index (χ2v) is 13.0. The Kier molecular flexibility index (Phi) is 8.55. The highest BCUT2D eigenvalue weighted by atomic mass is 32.1. The number of carbonyl (C=O) groups excluding carboxylic acids is 2. The van der Waals surface area contributed by atoms with Crippen LogP contribution in [0.25, 0.3) is 31.9 Å². The van der Waals surface area contributed by atoms with Crippen molar-refractivity contribution < 1.29 is 28.5 Å². The molecule has 0 bridgehead atoms. The summed E-state index contributed by atoms with van der Waals surface area (Å²) in [5.74, 6) is 0.891. The molecule has 0 unspecified atom stereocenters. The third-order valence-corrected chi connectivity index (χ3v) is 10.4. The number of esters is 2. The van der Waals surface area contributed by atoms with Gasteiger partial charge in [0, 0.05) is 9.75 Å². The molecule has 2 aliphatic rings. The van der Waals surface area contributed by atoms with Crippen LogP contribution in [0.2, 0.25) is 0 Å². The van der Waals surface area contributed by atoms with E-state index in [0.29, 0.717) is 11.5 Å². The molecule has 3 aromatic heterocycles. The minimum Gasteiger partial charge on any atom is -0.486 e. The highest BCUT2D eigenvalue weighted by molar-refractivity contribution is 7.14. The number of ether oxygens (including phenoxy) is 4. The van der Waals surface area contributed by atoms with Crippen molar-refractivity contribution in [2.24, 2.45) is 11.8 Å². The molecule has 1 aromatic carbocycles. The lowest BCUT2D eigenvalue weighted by Crippen LogP contribution is -2.30. The van der Waals surface area contributed by atoms with E-state index in [0.717, 1.165) is 83.3 Å². The van der Waals surface area contributed by atoms with Gasteiger partial charge in [0.1, 0.15) is 11.0 Å². The molecule has 0 spiro atoms. The second kappa shape index (κ2) is 12.5. The van der Waals surface area contributed by atoms with E-state index in [9.17, 15) is 9.59 Å². The molecule has 41 heavy (non-hydrogen) atoms. The van der Waals surface area contributed by atoms with Gasteiger partial charge in [-0.25, -0.2) is 0 Å². The summed E-state index contributed by atoms with van der Waals surface area (Å²) in [4.78, 5) is 26.4. The zero-order valence-electron chi connectivity index (χ0n) is 23.0. The van der Waals surface area contributed by atoms with E-state index in [1.807, 2.05) is 22.9 Å². The molecular weight excluding hydrogens is 581 g/mol. The molecule has 2 fully saturated rings. The van der Waals surface area contributed by atoms with Gasteiger partial charge in [0.15, 0.2) is 11.5 Å². The Morgan fingerprint density at radius 2 is 1.10 bits per heavy atom. The van der Waals surface area contributed by atoms with Gasteiger partial charge in [0.25, 0.3) is 0 Å². The molecule has 0 N–H and O–H groups in total. The maximum atomic E-state index is 12.2. The Morgan fingerprint density at radius 1 is 0.683 bits per heavy atom. The highest BCUT2D eigenvalue weighted by Gasteiger charge is 2.35. The minimum absolute atomic E-state index is 0.0766. The monoisotopic (exact) mass is 612 g/mol. The van der Waals surface area contributed by atoms with Crippen molar-refractivity contribution in [2.75, 3.05) is 14.2 Å². The summed E-state index contributed by atoms with van der Waals surface area (Å²) in [5, 5.41) is 4.10. The molecule has 0 aliphatic heterocycles. The van der Waals surface area contributed by atoms with E-state index in [1.54, 1.807) is 22.7 Å². The first-order chi connectivity index (χ1) is 20.1. The van der Waals surface area contributed by atoms with Crippen molar-refractivity contribution in [3.8, 4) is 32.4 Å². The number of thiophene rings is 2. The summed E-state index contributed by atoms with van der Waals surface area (Å²) < 4.78 is 33.4. The molecular formula is C30H32N2O6S3. The van der Waals surface area contributed by atoms with Crippen LogP contribution in [-0.4, -0.2) is 47.1 Å². The third kappa shape index (κ3) is 5.72. The quantitative estimate of drug-likeness (QED) is 0.190. The molecule has 8 nitrogen and oxygen atoms in total. The molecule has 2 saturated carbocycles. The first-order valence-corrected chi connectivity index (χ1v) is 16.4. The molecule has 0 saturated heterocycles. The van der Waals surface area contributed by atoms with Crippen molar-refractivity contribution in [3.05, 3.63) is 35.0 Å². The van der Waals surface area contributed by atoms with E-state index >= 15 is 0 Å². The van der Waals surface area contributed by atoms with Crippen molar-refractivity contribution in [1.82, 2.24) is 8.75 Å². The topological polar surface area (TPSA) is 96.8 Å². The molecule has 6 rings (SSSR count). The first-order valence-electron chi connectivity index (χ1n) is 14.0. The summed E-state index contributed by atoms with van der Waals surface area (Å²) in [6, 6.07) is 8.21. The van der Waals surface area contributed by atoms with Gasteiger partial charge in [0.2, 0.25) is 0 Å². The Hall–Kier alpha value is -3.02. The predicted molar refractivity (Wildman–Crippen MR) is 161 cm³/mol. The molecule has 0 amide bonds. The van der Waals surface area contributed by atoms with Crippen LogP contribution in [0, 0.1) is 11.8 Å². The minimum atomic E-state index is -0.149. The van der Waals surface area contributed by atoms with Crippen LogP contribution in [0.15, 0.2) is 35.0 Å². The maximum Gasteiger partial charge on any atom is 0.308 e. The average molecular weight is 613 g/mol. The molecule has 0 atom stereocenters. The van der Waals surface area contributed by atoms with Crippen LogP contribution in [0.5, 0.6) is 11.5 Å². The van der Waals surface area contributed by atoms with Crippen LogP contribution in [0.4, 0.5) is 0 Å². The normalized spacial score (nSPS) is 22.8. The predicted octanol–water partition coefficient (Wildman–Crippen LogP) is 7.37. The van der Waals surface area contributed by atoms with Crippen molar-refractivity contribution >= 4 is 57.4 Å². The van der Waals surface area contributed by atoms with Gasteiger partial charge in [0.05, 0.1) is 61.1 Å². The summed E-state index contributed by atoms with van der Waals surface area (Å²) >= 11 is 4.46. The number of nitrogens with zero attached hydrogens (tertiary/aromatic N) is 2.